The van der Waals surface area contributed by atoms with Gasteiger partial charge in [0.25, 0.3) is 5.69 Å². The first-order valence-corrected chi connectivity index (χ1v) is 9.18. The van der Waals surface area contributed by atoms with Gasteiger partial charge in [0.1, 0.15) is 23.0 Å². The summed E-state index contributed by atoms with van der Waals surface area (Å²) in [5, 5.41) is 24.7. The van der Waals surface area contributed by atoms with Crippen LogP contribution in [0.3, 0.4) is 0 Å². The van der Waals surface area contributed by atoms with Crippen molar-refractivity contribution in [1.82, 2.24) is 9.61 Å². The Balaban J connectivity index is 2.33. The minimum absolute atomic E-state index is 0.0228. The van der Waals surface area contributed by atoms with E-state index >= 15 is 0 Å². The number of nitrogens with two attached hydrogens (primary N) is 1. The van der Waals surface area contributed by atoms with Crippen LogP contribution in [0, 0.1) is 21.4 Å². The third kappa shape index (κ3) is 3.74. The molecule has 31 heavy (non-hydrogen) atoms. The molecule has 11 nitrogen and oxygen atoms in total. The fourth-order valence-electron chi connectivity index (χ4n) is 3.06. The van der Waals surface area contributed by atoms with Gasteiger partial charge in [0, 0.05) is 17.7 Å². The van der Waals surface area contributed by atoms with Crippen LogP contribution in [0.4, 0.5) is 11.5 Å². The molecule has 3 aromatic rings. The van der Waals surface area contributed by atoms with Gasteiger partial charge in [-0.3, -0.25) is 10.1 Å². The van der Waals surface area contributed by atoms with Crippen LogP contribution >= 0.6 is 0 Å². The molecule has 0 saturated carbocycles. The van der Waals surface area contributed by atoms with Gasteiger partial charge in [-0.25, -0.2) is 14.1 Å². The van der Waals surface area contributed by atoms with Crippen LogP contribution in [0.25, 0.3) is 16.6 Å². The number of carbonyl (C=O) groups is 2. The smallest absolute Gasteiger partial charge is 0.359 e. The number of fused-ring (bicyclic) bond motifs is 1. The number of nitro benzene ring substituents is 1. The highest BCUT2D eigenvalue weighted by Crippen LogP contribution is 2.33. The number of nitro groups is 1. The number of nitrogen functional groups attached to an aromatic ring is 1. The largest absolute Gasteiger partial charge is 0.462 e. The molecule has 0 radical (unpaired) electrons. The van der Waals surface area contributed by atoms with E-state index in [2.05, 4.69) is 5.10 Å². The molecule has 0 aliphatic heterocycles. The van der Waals surface area contributed by atoms with Crippen LogP contribution in [0.1, 0.15) is 40.3 Å². The van der Waals surface area contributed by atoms with Gasteiger partial charge in [-0.05, 0) is 37.6 Å². The molecule has 2 heterocycles. The molecule has 0 bridgehead atoms. The quantitative estimate of drug-likeness (QED) is 0.356. The molecule has 1 aromatic carbocycles. The maximum Gasteiger partial charge on any atom is 0.359 e. The number of benzene rings is 1. The Kier molecular flexibility index (Phi) is 5.83. The van der Waals surface area contributed by atoms with Gasteiger partial charge in [0.15, 0.2) is 5.69 Å². The van der Waals surface area contributed by atoms with Crippen molar-refractivity contribution in [2.45, 2.75) is 13.8 Å². The Morgan fingerprint density at radius 3 is 2.35 bits per heavy atom. The highest BCUT2D eigenvalue weighted by atomic mass is 16.6. The first kappa shape index (κ1) is 21.3. The molecule has 2 aromatic heterocycles. The normalized spacial score (nSPS) is 10.5. The molecule has 0 atom stereocenters. The highest BCUT2D eigenvalue weighted by Gasteiger charge is 2.29. The van der Waals surface area contributed by atoms with Gasteiger partial charge >= 0.3 is 11.9 Å². The van der Waals surface area contributed by atoms with Gasteiger partial charge in [-0.1, -0.05) is 0 Å². The van der Waals surface area contributed by atoms with Crippen molar-refractivity contribution >= 4 is 29.0 Å². The zero-order chi connectivity index (χ0) is 22.7. The lowest BCUT2D eigenvalue weighted by molar-refractivity contribution is -0.384. The average molecular weight is 423 g/mol. The van der Waals surface area contributed by atoms with E-state index in [1.165, 1.54) is 30.3 Å². The van der Waals surface area contributed by atoms with Crippen molar-refractivity contribution < 1.29 is 24.0 Å². The predicted molar refractivity (Wildman–Crippen MR) is 108 cm³/mol. The number of anilines is 1. The number of nitrogens with zero attached hydrogens (tertiary/aromatic N) is 4. The molecule has 3 rings (SSSR count). The first-order chi connectivity index (χ1) is 14.8. The fourth-order valence-corrected chi connectivity index (χ4v) is 3.06. The van der Waals surface area contributed by atoms with Crippen LogP contribution in [0.15, 0.2) is 30.3 Å². The zero-order valence-corrected chi connectivity index (χ0v) is 16.6. The van der Waals surface area contributed by atoms with E-state index in [-0.39, 0.29) is 47.1 Å². The molecule has 0 fully saturated rings. The molecule has 0 spiro atoms. The molecule has 0 saturated heterocycles. The topological polar surface area (TPSA) is 163 Å². The maximum absolute atomic E-state index is 12.6. The third-order valence-electron chi connectivity index (χ3n) is 4.41. The van der Waals surface area contributed by atoms with Crippen molar-refractivity contribution in [2.75, 3.05) is 18.9 Å². The number of rotatable bonds is 6. The Morgan fingerprint density at radius 2 is 1.81 bits per heavy atom. The Labute approximate surface area is 175 Å². The van der Waals surface area contributed by atoms with Gasteiger partial charge in [-0.15, -0.1) is 0 Å². The van der Waals surface area contributed by atoms with E-state index in [0.717, 1.165) is 4.52 Å². The highest BCUT2D eigenvalue weighted by molar-refractivity contribution is 6.08. The molecule has 11 heteroatoms. The maximum atomic E-state index is 12.6. The minimum atomic E-state index is -0.843. The SMILES string of the molecule is CCOC(=O)c1nn2c(N)c(C#N)c(-c3ccc([N+](=O)[O-])cc3)cc2c1C(=O)OCC. The first-order valence-electron chi connectivity index (χ1n) is 9.18. The lowest BCUT2D eigenvalue weighted by atomic mass is 9.99. The van der Waals surface area contributed by atoms with E-state index in [4.69, 9.17) is 15.2 Å². The van der Waals surface area contributed by atoms with Gasteiger partial charge < -0.3 is 15.2 Å². The van der Waals surface area contributed by atoms with Gasteiger partial charge in [-0.2, -0.15) is 10.4 Å². The zero-order valence-electron chi connectivity index (χ0n) is 16.6. The van der Waals surface area contributed by atoms with Crippen LogP contribution in [-0.2, 0) is 9.47 Å². The van der Waals surface area contributed by atoms with E-state index in [0.29, 0.717) is 11.1 Å². The monoisotopic (exact) mass is 423 g/mol. The van der Waals surface area contributed by atoms with Crippen molar-refractivity contribution in [3.05, 3.63) is 57.3 Å². The lowest BCUT2D eigenvalue weighted by Crippen LogP contribution is -2.13. The molecule has 2 N–H and O–H groups in total. The number of esters is 2. The summed E-state index contributed by atoms with van der Waals surface area (Å²) in [5.41, 5.74) is 6.48. The van der Waals surface area contributed by atoms with E-state index in [1.54, 1.807) is 13.8 Å². The number of aromatic nitrogens is 2. The number of non-ortho nitro benzene ring substituents is 1. The van der Waals surface area contributed by atoms with Crippen molar-refractivity contribution in [3.63, 3.8) is 0 Å². The summed E-state index contributed by atoms with van der Waals surface area (Å²) >= 11 is 0. The number of nitriles is 1. The number of carbonyl (C=O) groups excluding carboxylic acids is 2. The second-order valence-electron chi connectivity index (χ2n) is 6.20. The molecule has 0 aliphatic carbocycles. The number of pyridine rings is 1. The summed E-state index contributed by atoms with van der Waals surface area (Å²) in [6.07, 6.45) is 0. The Hall–Kier alpha value is -4.46. The van der Waals surface area contributed by atoms with E-state index in [1.807, 2.05) is 6.07 Å². The van der Waals surface area contributed by atoms with Crippen molar-refractivity contribution in [2.24, 2.45) is 0 Å². The number of hydrogen-bond donors (Lipinski definition) is 1. The molecule has 0 unspecified atom stereocenters. The average Bonchev–Trinajstić information content (AvgIpc) is 3.14. The van der Waals surface area contributed by atoms with Crippen LogP contribution < -0.4 is 5.73 Å². The number of ether oxygens (including phenoxy) is 2. The van der Waals surface area contributed by atoms with E-state index < -0.39 is 16.9 Å². The van der Waals surface area contributed by atoms with Crippen LogP contribution in [0.2, 0.25) is 0 Å². The van der Waals surface area contributed by atoms with Crippen LogP contribution in [-0.4, -0.2) is 39.7 Å². The van der Waals surface area contributed by atoms with Crippen molar-refractivity contribution in [3.8, 4) is 17.2 Å². The predicted octanol–water partition coefficient (Wildman–Crippen LogP) is 2.72. The third-order valence-corrected chi connectivity index (χ3v) is 4.41. The second-order valence-corrected chi connectivity index (χ2v) is 6.20. The molecule has 0 amide bonds. The summed E-state index contributed by atoms with van der Waals surface area (Å²) < 4.78 is 11.2. The fraction of sp³-hybridized carbons (Fsp3) is 0.200. The van der Waals surface area contributed by atoms with E-state index in [9.17, 15) is 25.0 Å². The Bertz CT molecular complexity index is 1240. The minimum Gasteiger partial charge on any atom is -0.462 e. The summed E-state index contributed by atoms with van der Waals surface area (Å²) in [7, 11) is 0. The summed E-state index contributed by atoms with van der Waals surface area (Å²) in [6.45, 7) is 3.33. The van der Waals surface area contributed by atoms with Gasteiger partial charge in [0.2, 0.25) is 0 Å². The Morgan fingerprint density at radius 1 is 1.19 bits per heavy atom. The summed E-state index contributed by atoms with van der Waals surface area (Å²) in [6, 6.07) is 8.91. The standard InChI is InChI=1S/C20H17N5O6/c1-3-30-19(26)16-15-9-13(11-5-7-12(8-6-11)25(28)29)14(10-21)18(22)24(15)23-17(16)20(27)31-4-2/h5-9H,3-4,22H2,1-2H3. The van der Waals surface area contributed by atoms with Crippen molar-refractivity contribution in [1.29, 1.82) is 5.26 Å². The summed E-state index contributed by atoms with van der Waals surface area (Å²) in [4.78, 5) is 35.4. The second kappa shape index (κ2) is 8.50. The lowest BCUT2D eigenvalue weighted by Gasteiger charge is -2.10. The molecule has 158 valence electrons. The summed E-state index contributed by atoms with van der Waals surface area (Å²) in [5.74, 6) is -1.77. The molecule has 0 aliphatic rings. The molecular weight excluding hydrogens is 406 g/mol. The number of hydrogen-bond acceptors (Lipinski definition) is 9. The molecular formula is C20H17N5O6. The van der Waals surface area contributed by atoms with Gasteiger partial charge in [0.05, 0.1) is 23.7 Å². The van der Waals surface area contributed by atoms with Crippen LogP contribution in [0.5, 0.6) is 0 Å².